The van der Waals surface area contributed by atoms with Gasteiger partial charge in [-0.2, -0.15) is 0 Å². The summed E-state index contributed by atoms with van der Waals surface area (Å²) in [5, 5.41) is -0.272. The zero-order chi connectivity index (χ0) is 13.8. The molecule has 0 radical (unpaired) electrons. The number of aromatic nitrogens is 1. The minimum absolute atomic E-state index is 0.272. The van der Waals surface area contributed by atoms with Gasteiger partial charge in [-0.15, -0.1) is 11.8 Å². The normalized spacial score (nSPS) is 12.3. The van der Waals surface area contributed by atoms with Gasteiger partial charge in [-0.3, -0.25) is 4.79 Å². The molecule has 0 saturated heterocycles. The number of amides is 1. The van der Waals surface area contributed by atoms with Gasteiger partial charge in [0, 0.05) is 11.3 Å². The number of hydrogen-bond donors (Lipinski definition) is 1. The van der Waals surface area contributed by atoms with Gasteiger partial charge in [0.2, 0.25) is 11.8 Å². The van der Waals surface area contributed by atoms with E-state index < -0.39 is 0 Å². The fourth-order valence-corrected chi connectivity index (χ4v) is 2.11. The summed E-state index contributed by atoms with van der Waals surface area (Å²) in [7, 11) is 0. The topological polar surface area (TPSA) is 69.1 Å². The Kier molecular flexibility index (Phi) is 4.21. The van der Waals surface area contributed by atoms with Crippen LogP contribution in [0.2, 0.25) is 0 Å². The molecule has 2 aromatic rings. The standard InChI is InChI=1S/C13H13FN2O2S/c1-8(12(15)17)19-7-11-6-18-13(16-11)9-2-4-10(14)5-3-9/h2-6,8H,7H2,1H3,(H2,15,17). The van der Waals surface area contributed by atoms with Crippen LogP contribution in [-0.4, -0.2) is 16.1 Å². The molecule has 0 saturated carbocycles. The molecule has 0 spiro atoms. The van der Waals surface area contributed by atoms with Crippen molar-refractivity contribution < 1.29 is 13.6 Å². The third kappa shape index (κ3) is 3.57. The van der Waals surface area contributed by atoms with Crippen LogP contribution in [-0.2, 0) is 10.5 Å². The number of oxazole rings is 1. The van der Waals surface area contributed by atoms with E-state index in [1.165, 1.54) is 30.2 Å². The second-order valence-corrected chi connectivity index (χ2v) is 5.34. The maximum absolute atomic E-state index is 12.8. The Hall–Kier alpha value is -1.82. The van der Waals surface area contributed by atoms with Crippen molar-refractivity contribution in [1.29, 1.82) is 0 Å². The fraction of sp³-hybridized carbons (Fsp3) is 0.231. The van der Waals surface area contributed by atoms with Gasteiger partial charge >= 0.3 is 0 Å². The van der Waals surface area contributed by atoms with Gasteiger partial charge in [0.25, 0.3) is 0 Å². The third-order valence-corrected chi connectivity index (χ3v) is 3.72. The lowest BCUT2D eigenvalue weighted by molar-refractivity contribution is -0.117. The van der Waals surface area contributed by atoms with Crippen LogP contribution in [0.25, 0.3) is 11.5 Å². The predicted molar refractivity (Wildman–Crippen MR) is 71.8 cm³/mol. The van der Waals surface area contributed by atoms with E-state index in [2.05, 4.69) is 4.98 Å². The first-order valence-corrected chi connectivity index (χ1v) is 6.72. The number of thioether (sulfide) groups is 1. The number of halogens is 1. The molecule has 0 fully saturated rings. The minimum atomic E-state index is -0.354. The van der Waals surface area contributed by atoms with Gasteiger partial charge in [-0.1, -0.05) is 0 Å². The van der Waals surface area contributed by atoms with E-state index in [4.69, 9.17) is 10.2 Å². The molecule has 1 aromatic carbocycles. The van der Waals surface area contributed by atoms with Crippen molar-refractivity contribution in [3.63, 3.8) is 0 Å². The second kappa shape index (κ2) is 5.88. The van der Waals surface area contributed by atoms with Crippen LogP contribution >= 0.6 is 11.8 Å². The summed E-state index contributed by atoms with van der Waals surface area (Å²) >= 11 is 1.39. The van der Waals surface area contributed by atoms with Gasteiger partial charge in [0.05, 0.1) is 10.9 Å². The molecule has 1 amide bonds. The zero-order valence-corrected chi connectivity index (χ0v) is 11.1. The molecule has 6 heteroatoms. The maximum atomic E-state index is 12.8. The van der Waals surface area contributed by atoms with Gasteiger partial charge in [-0.25, -0.2) is 9.37 Å². The van der Waals surface area contributed by atoms with E-state index in [1.807, 2.05) is 0 Å². The highest BCUT2D eigenvalue weighted by Gasteiger charge is 2.12. The molecule has 1 heterocycles. The van der Waals surface area contributed by atoms with E-state index in [9.17, 15) is 9.18 Å². The van der Waals surface area contributed by atoms with Crippen LogP contribution in [0.1, 0.15) is 12.6 Å². The van der Waals surface area contributed by atoms with Crippen LogP contribution < -0.4 is 5.73 Å². The molecule has 1 atom stereocenters. The van der Waals surface area contributed by atoms with Crippen LogP contribution in [0.4, 0.5) is 4.39 Å². The van der Waals surface area contributed by atoms with Gasteiger partial charge < -0.3 is 10.2 Å². The molecule has 0 aliphatic rings. The minimum Gasteiger partial charge on any atom is -0.444 e. The molecule has 0 aliphatic heterocycles. The van der Waals surface area contributed by atoms with E-state index >= 15 is 0 Å². The molecule has 1 unspecified atom stereocenters. The number of carbonyl (C=O) groups excluding carboxylic acids is 1. The average molecular weight is 280 g/mol. The van der Waals surface area contributed by atoms with Crippen molar-refractivity contribution in [3.05, 3.63) is 42.0 Å². The average Bonchev–Trinajstić information content (AvgIpc) is 2.85. The Morgan fingerprint density at radius 1 is 1.47 bits per heavy atom. The molecule has 1 aromatic heterocycles. The summed E-state index contributed by atoms with van der Waals surface area (Å²) in [6, 6.07) is 5.90. The smallest absolute Gasteiger partial charge is 0.230 e. The molecule has 0 aliphatic carbocycles. The van der Waals surface area contributed by atoms with Gasteiger partial charge in [0.1, 0.15) is 12.1 Å². The van der Waals surface area contributed by atoms with Crippen molar-refractivity contribution >= 4 is 17.7 Å². The van der Waals surface area contributed by atoms with E-state index in [1.54, 1.807) is 19.1 Å². The van der Waals surface area contributed by atoms with E-state index in [-0.39, 0.29) is 17.0 Å². The molecule has 100 valence electrons. The summed E-state index contributed by atoms with van der Waals surface area (Å²) in [6.07, 6.45) is 1.53. The van der Waals surface area contributed by atoms with Crippen LogP contribution in [0.15, 0.2) is 34.9 Å². The number of nitrogens with zero attached hydrogens (tertiary/aromatic N) is 1. The number of primary amides is 1. The Labute approximate surface area is 114 Å². The second-order valence-electron chi connectivity index (χ2n) is 4.01. The summed E-state index contributed by atoms with van der Waals surface area (Å²) < 4.78 is 18.1. The Morgan fingerprint density at radius 3 is 2.79 bits per heavy atom. The van der Waals surface area contributed by atoms with Crippen molar-refractivity contribution in [2.45, 2.75) is 17.9 Å². The molecule has 2 N–H and O–H groups in total. The molecular formula is C13H13FN2O2S. The molecule has 0 bridgehead atoms. The zero-order valence-electron chi connectivity index (χ0n) is 10.3. The number of nitrogens with two attached hydrogens (primary N) is 1. The number of carbonyl (C=O) groups is 1. The van der Waals surface area contributed by atoms with Crippen molar-refractivity contribution in [3.8, 4) is 11.5 Å². The lowest BCUT2D eigenvalue weighted by Crippen LogP contribution is -2.22. The first-order chi connectivity index (χ1) is 9.06. The fourth-order valence-electron chi connectivity index (χ4n) is 1.39. The Balaban J connectivity index is 2.03. The van der Waals surface area contributed by atoms with E-state index in [0.29, 0.717) is 17.2 Å². The summed E-state index contributed by atoms with van der Waals surface area (Å²) in [5.41, 5.74) is 6.60. The summed E-state index contributed by atoms with van der Waals surface area (Å²) in [6.45, 7) is 1.74. The lowest BCUT2D eigenvalue weighted by atomic mass is 10.2. The van der Waals surface area contributed by atoms with Gasteiger partial charge in [0.15, 0.2) is 0 Å². The number of benzene rings is 1. The summed E-state index contributed by atoms with van der Waals surface area (Å²) in [5.74, 6) is 0.311. The molecule has 19 heavy (non-hydrogen) atoms. The first-order valence-electron chi connectivity index (χ1n) is 5.67. The monoisotopic (exact) mass is 280 g/mol. The molecule has 2 rings (SSSR count). The lowest BCUT2D eigenvalue weighted by Gasteiger charge is -2.03. The highest BCUT2D eigenvalue weighted by atomic mass is 32.2. The maximum Gasteiger partial charge on any atom is 0.230 e. The Morgan fingerprint density at radius 2 is 2.16 bits per heavy atom. The van der Waals surface area contributed by atoms with Crippen molar-refractivity contribution in [1.82, 2.24) is 4.98 Å². The largest absolute Gasteiger partial charge is 0.444 e. The molecule has 4 nitrogen and oxygen atoms in total. The SMILES string of the molecule is CC(SCc1coc(-c2ccc(F)cc2)n1)C(N)=O. The highest BCUT2D eigenvalue weighted by molar-refractivity contribution is 7.99. The van der Waals surface area contributed by atoms with Crippen LogP contribution in [0.5, 0.6) is 0 Å². The van der Waals surface area contributed by atoms with Crippen LogP contribution in [0, 0.1) is 5.82 Å². The molecular weight excluding hydrogens is 267 g/mol. The first kappa shape index (κ1) is 13.6. The quantitative estimate of drug-likeness (QED) is 0.914. The van der Waals surface area contributed by atoms with Crippen molar-refractivity contribution in [2.24, 2.45) is 5.73 Å². The predicted octanol–water partition coefficient (Wildman–Crippen LogP) is 2.59. The highest BCUT2D eigenvalue weighted by Crippen LogP contribution is 2.22. The van der Waals surface area contributed by atoms with E-state index in [0.717, 1.165) is 5.69 Å². The number of hydrogen-bond acceptors (Lipinski definition) is 4. The van der Waals surface area contributed by atoms with Crippen molar-refractivity contribution in [2.75, 3.05) is 0 Å². The van der Waals surface area contributed by atoms with Crippen LogP contribution in [0.3, 0.4) is 0 Å². The summed E-state index contributed by atoms with van der Waals surface area (Å²) in [4.78, 5) is 15.2. The third-order valence-electron chi connectivity index (χ3n) is 2.52. The Bertz CT molecular complexity index is 568. The number of rotatable bonds is 5. The van der Waals surface area contributed by atoms with Gasteiger partial charge in [-0.05, 0) is 31.2 Å².